The van der Waals surface area contributed by atoms with Crippen LogP contribution < -0.4 is 0 Å². The summed E-state index contributed by atoms with van der Waals surface area (Å²) in [5, 5.41) is 0.882. The molecule has 1 aliphatic carbocycles. The molecular formula is C17H25ClN2. The highest BCUT2D eigenvalue weighted by atomic mass is 35.5. The van der Waals surface area contributed by atoms with Gasteiger partial charge in [0.1, 0.15) is 0 Å². The first-order valence-corrected chi connectivity index (χ1v) is 8.16. The second kappa shape index (κ2) is 5.67. The molecule has 3 rings (SSSR count). The van der Waals surface area contributed by atoms with Gasteiger partial charge in [-0.2, -0.15) is 0 Å². The number of halogens is 1. The van der Waals surface area contributed by atoms with E-state index in [0.717, 1.165) is 5.02 Å². The molecule has 110 valence electrons. The lowest BCUT2D eigenvalue weighted by atomic mass is 9.90. The summed E-state index contributed by atoms with van der Waals surface area (Å²) in [7, 11) is 2.22. The van der Waals surface area contributed by atoms with Crippen molar-refractivity contribution in [2.24, 2.45) is 5.92 Å². The van der Waals surface area contributed by atoms with Crippen molar-refractivity contribution < 1.29 is 0 Å². The van der Waals surface area contributed by atoms with E-state index in [1.165, 1.54) is 43.7 Å². The fourth-order valence-electron chi connectivity index (χ4n) is 3.78. The third-order valence-electron chi connectivity index (χ3n) is 5.07. The molecule has 0 N–H and O–H groups in total. The summed E-state index contributed by atoms with van der Waals surface area (Å²) in [5.41, 5.74) is 3.02. The quantitative estimate of drug-likeness (QED) is 0.819. The van der Waals surface area contributed by atoms with Crippen molar-refractivity contribution in [3.63, 3.8) is 0 Å². The maximum absolute atomic E-state index is 6.25. The SMILES string of the molecule is CC(C)[C@H]1C[C@H](N2CCN(C)CC2)c2cc(Cl)ccc21. The zero-order valence-corrected chi connectivity index (χ0v) is 13.5. The van der Waals surface area contributed by atoms with Crippen molar-refractivity contribution in [2.75, 3.05) is 33.2 Å². The van der Waals surface area contributed by atoms with Crippen LogP contribution in [0, 0.1) is 5.92 Å². The maximum atomic E-state index is 6.25. The fraction of sp³-hybridized carbons (Fsp3) is 0.647. The van der Waals surface area contributed by atoms with Gasteiger partial charge in [-0.3, -0.25) is 4.90 Å². The number of fused-ring (bicyclic) bond motifs is 1. The van der Waals surface area contributed by atoms with E-state index in [-0.39, 0.29) is 0 Å². The molecule has 2 nitrogen and oxygen atoms in total. The van der Waals surface area contributed by atoms with Crippen LogP contribution in [0.5, 0.6) is 0 Å². The molecule has 0 unspecified atom stereocenters. The molecule has 0 spiro atoms. The van der Waals surface area contributed by atoms with Crippen LogP contribution in [-0.2, 0) is 0 Å². The molecule has 2 atom stereocenters. The zero-order valence-electron chi connectivity index (χ0n) is 12.8. The van der Waals surface area contributed by atoms with E-state index >= 15 is 0 Å². The Morgan fingerprint density at radius 3 is 2.45 bits per heavy atom. The Balaban J connectivity index is 1.88. The Kier molecular flexibility index (Phi) is 4.07. The third kappa shape index (κ3) is 2.61. The molecule has 0 aromatic heterocycles. The van der Waals surface area contributed by atoms with Crippen LogP contribution in [0.2, 0.25) is 5.02 Å². The summed E-state index contributed by atoms with van der Waals surface area (Å²) in [4.78, 5) is 5.09. The summed E-state index contributed by atoms with van der Waals surface area (Å²) in [6, 6.07) is 7.10. The number of benzene rings is 1. The maximum Gasteiger partial charge on any atom is 0.0409 e. The number of hydrogen-bond acceptors (Lipinski definition) is 2. The highest BCUT2D eigenvalue weighted by Gasteiger charge is 2.36. The molecule has 1 aromatic rings. The van der Waals surface area contributed by atoms with E-state index in [1.54, 1.807) is 0 Å². The highest BCUT2D eigenvalue weighted by Crippen LogP contribution is 2.47. The smallest absolute Gasteiger partial charge is 0.0409 e. The van der Waals surface area contributed by atoms with E-state index in [2.05, 4.69) is 48.9 Å². The molecule has 0 amide bonds. The molecule has 0 saturated carbocycles. The molecule has 0 bridgehead atoms. The molecule has 3 heteroatoms. The van der Waals surface area contributed by atoms with Gasteiger partial charge < -0.3 is 4.90 Å². The lowest BCUT2D eigenvalue weighted by Gasteiger charge is -2.37. The molecule has 2 aliphatic rings. The molecule has 1 aromatic carbocycles. The van der Waals surface area contributed by atoms with E-state index in [9.17, 15) is 0 Å². The molecule has 1 saturated heterocycles. The van der Waals surface area contributed by atoms with E-state index in [1.807, 2.05) is 0 Å². The van der Waals surface area contributed by atoms with Crippen molar-refractivity contribution in [1.29, 1.82) is 0 Å². The number of piperazine rings is 1. The zero-order chi connectivity index (χ0) is 14.3. The Hall–Kier alpha value is -0.570. The van der Waals surface area contributed by atoms with E-state index in [0.29, 0.717) is 17.9 Å². The van der Waals surface area contributed by atoms with Crippen LogP contribution in [0.1, 0.15) is 43.4 Å². The largest absolute Gasteiger partial charge is 0.304 e. The second-order valence-corrected chi connectivity index (χ2v) is 7.15. The first kappa shape index (κ1) is 14.4. The first-order valence-electron chi connectivity index (χ1n) is 7.78. The van der Waals surface area contributed by atoms with Gasteiger partial charge in [0.2, 0.25) is 0 Å². The average molecular weight is 293 g/mol. The molecular weight excluding hydrogens is 268 g/mol. The Labute approximate surface area is 127 Å². The summed E-state index contributed by atoms with van der Waals surface area (Å²) in [6.07, 6.45) is 1.26. The van der Waals surface area contributed by atoms with Crippen LogP contribution in [0.4, 0.5) is 0 Å². The number of likely N-dealkylation sites (N-methyl/N-ethyl adjacent to an activating group) is 1. The summed E-state index contributed by atoms with van der Waals surface area (Å²) in [6.45, 7) is 9.40. The summed E-state index contributed by atoms with van der Waals surface area (Å²) >= 11 is 6.25. The van der Waals surface area contributed by atoms with Crippen molar-refractivity contribution >= 4 is 11.6 Å². The normalized spacial score (nSPS) is 28.1. The van der Waals surface area contributed by atoms with Gasteiger partial charge in [-0.05, 0) is 48.6 Å². The summed E-state index contributed by atoms with van der Waals surface area (Å²) < 4.78 is 0. The predicted octanol–water partition coefficient (Wildman–Crippen LogP) is 3.77. The lowest BCUT2D eigenvalue weighted by Crippen LogP contribution is -2.45. The molecule has 0 radical (unpaired) electrons. The molecule has 1 heterocycles. The van der Waals surface area contributed by atoms with Gasteiger partial charge in [0.05, 0.1) is 0 Å². The minimum Gasteiger partial charge on any atom is -0.304 e. The Bertz CT molecular complexity index is 478. The minimum absolute atomic E-state index is 0.574. The van der Waals surface area contributed by atoms with Gasteiger partial charge in [-0.25, -0.2) is 0 Å². The van der Waals surface area contributed by atoms with Crippen molar-refractivity contribution in [1.82, 2.24) is 9.80 Å². The standard InChI is InChI=1S/C17H25ClN2/c1-12(2)15-11-17(20-8-6-19(3)7-9-20)16-10-13(18)4-5-14(15)16/h4-5,10,12,15,17H,6-9,11H2,1-3H3/t15-,17+/m1/s1. The molecule has 20 heavy (non-hydrogen) atoms. The van der Waals surface area contributed by atoms with Crippen LogP contribution >= 0.6 is 11.6 Å². The van der Waals surface area contributed by atoms with Gasteiger partial charge in [0, 0.05) is 37.2 Å². The third-order valence-corrected chi connectivity index (χ3v) is 5.30. The van der Waals surface area contributed by atoms with Crippen LogP contribution in [0.25, 0.3) is 0 Å². The number of hydrogen-bond donors (Lipinski definition) is 0. The summed E-state index contributed by atoms with van der Waals surface area (Å²) in [5.74, 6) is 1.39. The average Bonchev–Trinajstić information content (AvgIpc) is 2.78. The van der Waals surface area contributed by atoms with Crippen molar-refractivity contribution in [3.05, 3.63) is 34.3 Å². The van der Waals surface area contributed by atoms with E-state index in [4.69, 9.17) is 11.6 Å². The molecule has 1 aliphatic heterocycles. The van der Waals surface area contributed by atoms with Gasteiger partial charge in [-0.1, -0.05) is 31.5 Å². The van der Waals surface area contributed by atoms with Gasteiger partial charge in [0.25, 0.3) is 0 Å². The minimum atomic E-state index is 0.574. The fourth-order valence-corrected chi connectivity index (χ4v) is 3.96. The van der Waals surface area contributed by atoms with Crippen molar-refractivity contribution in [3.8, 4) is 0 Å². The monoisotopic (exact) mass is 292 g/mol. The van der Waals surface area contributed by atoms with Gasteiger partial charge in [-0.15, -0.1) is 0 Å². The predicted molar refractivity (Wildman–Crippen MR) is 85.5 cm³/mol. The van der Waals surface area contributed by atoms with Crippen molar-refractivity contribution in [2.45, 2.75) is 32.2 Å². The second-order valence-electron chi connectivity index (χ2n) is 6.71. The van der Waals surface area contributed by atoms with E-state index < -0.39 is 0 Å². The number of rotatable bonds is 2. The number of nitrogens with zero attached hydrogens (tertiary/aromatic N) is 2. The van der Waals surface area contributed by atoms with Gasteiger partial charge in [0.15, 0.2) is 0 Å². The van der Waals surface area contributed by atoms with Crippen LogP contribution in [0.15, 0.2) is 18.2 Å². The first-order chi connectivity index (χ1) is 9.56. The van der Waals surface area contributed by atoms with Crippen LogP contribution in [-0.4, -0.2) is 43.0 Å². The topological polar surface area (TPSA) is 6.48 Å². The Morgan fingerprint density at radius 2 is 1.80 bits per heavy atom. The Morgan fingerprint density at radius 1 is 1.10 bits per heavy atom. The lowest BCUT2D eigenvalue weighted by molar-refractivity contribution is 0.107. The molecule has 1 fully saturated rings. The van der Waals surface area contributed by atoms with Crippen LogP contribution in [0.3, 0.4) is 0 Å². The van der Waals surface area contributed by atoms with Gasteiger partial charge >= 0.3 is 0 Å². The highest BCUT2D eigenvalue weighted by molar-refractivity contribution is 6.30.